The van der Waals surface area contributed by atoms with E-state index in [4.69, 9.17) is 4.74 Å². The van der Waals surface area contributed by atoms with Crippen molar-refractivity contribution < 1.29 is 4.74 Å². The van der Waals surface area contributed by atoms with Crippen molar-refractivity contribution in [3.8, 4) is 5.75 Å². The Morgan fingerprint density at radius 3 is 2.88 bits per heavy atom. The van der Waals surface area contributed by atoms with Crippen molar-refractivity contribution in [3.63, 3.8) is 0 Å². The van der Waals surface area contributed by atoms with Crippen LogP contribution >= 0.6 is 24.0 Å². The van der Waals surface area contributed by atoms with Crippen LogP contribution in [-0.2, 0) is 19.5 Å². The Morgan fingerprint density at radius 1 is 1.35 bits per heavy atom. The van der Waals surface area contributed by atoms with E-state index in [1.54, 1.807) is 19.5 Å². The third kappa shape index (κ3) is 6.66. The first kappa shape index (κ1) is 21.9. The minimum absolute atomic E-state index is 0. The Hall–Kier alpha value is -2.10. The number of aryl methyl sites for hydroxylation is 1. The fraction of sp³-hybridized carbons (Fsp3) is 0.389. The molecule has 1 heterocycles. The van der Waals surface area contributed by atoms with Crippen molar-refractivity contribution in [1.29, 1.82) is 0 Å². The monoisotopic (exact) mass is 470 g/mol. The van der Waals surface area contributed by atoms with Gasteiger partial charge < -0.3 is 19.9 Å². The number of aromatic nitrogens is 3. The van der Waals surface area contributed by atoms with Gasteiger partial charge in [-0.05, 0) is 6.07 Å². The zero-order valence-corrected chi connectivity index (χ0v) is 17.6. The van der Waals surface area contributed by atoms with Gasteiger partial charge in [0.1, 0.15) is 24.5 Å². The third-order valence-corrected chi connectivity index (χ3v) is 3.66. The molecule has 0 unspecified atom stereocenters. The molecule has 1 aromatic heterocycles. The van der Waals surface area contributed by atoms with E-state index >= 15 is 0 Å². The summed E-state index contributed by atoms with van der Waals surface area (Å²) in [6.45, 7) is 8.39. The van der Waals surface area contributed by atoms with Crippen molar-refractivity contribution >= 4 is 29.9 Å². The van der Waals surface area contributed by atoms with Crippen LogP contribution in [0, 0.1) is 0 Å². The molecule has 26 heavy (non-hydrogen) atoms. The maximum absolute atomic E-state index is 5.67. The molecule has 0 aliphatic carbocycles. The number of guanidine groups is 1. The van der Waals surface area contributed by atoms with Crippen molar-refractivity contribution in [1.82, 2.24) is 25.4 Å². The van der Waals surface area contributed by atoms with E-state index in [1.807, 2.05) is 28.8 Å². The molecule has 2 rings (SSSR count). The zero-order valence-electron chi connectivity index (χ0n) is 15.3. The van der Waals surface area contributed by atoms with E-state index in [9.17, 15) is 0 Å². The van der Waals surface area contributed by atoms with Gasteiger partial charge in [0.2, 0.25) is 0 Å². The van der Waals surface area contributed by atoms with Crippen molar-refractivity contribution in [2.45, 2.75) is 26.4 Å². The van der Waals surface area contributed by atoms with Gasteiger partial charge in [-0.2, -0.15) is 0 Å². The number of nitrogens with zero attached hydrogens (tertiary/aromatic N) is 4. The Morgan fingerprint density at radius 2 is 2.15 bits per heavy atom. The van der Waals surface area contributed by atoms with Gasteiger partial charge in [-0.1, -0.05) is 37.8 Å². The molecular formula is C18H27IN6O. The lowest BCUT2D eigenvalue weighted by molar-refractivity contribution is 0.358. The van der Waals surface area contributed by atoms with E-state index < -0.39 is 0 Å². The third-order valence-electron chi connectivity index (χ3n) is 3.66. The average molecular weight is 470 g/mol. The molecule has 0 amide bonds. The van der Waals surface area contributed by atoms with Crippen molar-refractivity contribution in [2.24, 2.45) is 4.99 Å². The first-order valence-electron chi connectivity index (χ1n) is 8.41. The normalized spacial score (nSPS) is 10.8. The first-order valence-corrected chi connectivity index (χ1v) is 8.41. The number of ether oxygens (including phenoxy) is 1. The van der Waals surface area contributed by atoms with Gasteiger partial charge in [-0.15, -0.1) is 34.2 Å². The molecule has 2 N–H and O–H groups in total. The van der Waals surface area contributed by atoms with Gasteiger partial charge in [-0.25, -0.2) is 0 Å². The Balaban J connectivity index is 0.00000338. The highest BCUT2D eigenvalue weighted by Gasteiger charge is 2.05. The van der Waals surface area contributed by atoms with Gasteiger partial charge in [0.25, 0.3) is 0 Å². The van der Waals surface area contributed by atoms with Crippen molar-refractivity contribution in [3.05, 3.63) is 54.6 Å². The minimum Gasteiger partial charge on any atom is -0.489 e. The molecule has 0 saturated heterocycles. The van der Waals surface area contributed by atoms with E-state index in [1.165, 1.54) is 0 Å². The number of halogens is 1. The Kier molecular flexibility index (Phi) is 10.4. The molecule has 0 saturated carbocycles. The fourth-order valence-corrected chi connectivity index (χ4v) is 2.37. The van der Waals surface area contributed by atoms with Crippen LogP contribution in [0.3, 0.4) is 0 Å². The smallest absolute Gasteiger partial charge is 0.191 e. The highest BCUT2D eigenvalue weighted by molar-refractivity contribution is 14.0. The number of para-hydroxylation sites is 1. The molecule has 0 aliphatic rings. The zero-order chi connectivity index (χ0) is 17.9. The van der Waals surface area contributed by atoms with Crippen LogP contribution in [0.2, 0.25) is 0 Å². The number of nitrogens with one attached hydrogen (secondary N) is 2. The van der Waals surface area contributed by atoms with Gasteiger partial charge in [-0.3, -0.25) is 4.99 Å². The Labute approximate surface area is 172 Å². The predicted molar refractivity (Wildman–Crippen MR) is 115 cm³/mol. The van der Waals surface area contributed by atoms with Gasteiger partial charge >= 0.3 is 0 Å². The van der Waals surface area contributed by atoms with Gasteiger partial charge in [0.15, 0.2) is 5.96 Å². The summed E-state index contributed by atoms with van der Waals surface area (Å²) in [5.74, 6) is 2.57. The first-order chi connectivity index (χ1) is 12.3. The molecule has 142 valence electrons. The number of aliphatic imine (C=N–C) groups is 1. The SMILES string of the molecule is C=CCOc1ccccc1CNC(=NC)NCCn1cnnc1CC.I. The van der Waals surface area contributed by atoms with Crippen LogP contribution < -0.4 is 15.4 Å². The molecule has 2 aromatic rings. The van der Waals surface area contributed by atoms with E-state index in [0.717, 1.165) is 42.6 Å². The summed E-state index contributed by atoms with van der Waals surface area (Å²) in [5, 5.41) is 14.6. The summed E-state index contributed by atoms with van der Waals surface area (Å²) in [6, 6.07) is 7.93. The highest BCUT2D eigenvalue weighted by Crippen LogP contribution is 2.17. The molecule has 1 aromatic carbocycles. The molecule has 0 aliphatic heterocycles. The second kappa shape index (κ2) is 12.3. The number of hydrogen-bond acceptors (Lipinski definition) is 4. The van der Waals surface area contributed by atoms with E-state index in [0.29, 0.717) is 13.2 Å². The molecule has 0 radical (unpaired) electrons. The second-order valence-corrected chi connectivity index (χ2v) is 5.35. The quantitative estimate of drug-likeness (QED) is 0.255. The lowest BCUT2D eigenvalue weighted by Crippen LogP contribution is -2.38. The number of rotatable bonds is 9. The average Bonchev–Trinajstić information content (AvgIpc) is 3.11. The predicted octanol–water partition coefficient (Wildman–Crippen LogP) is 2.39. The van der Waals surface area contributed by atoms with Gasteiger partial charge in [0, 0.05) is 38.7 Å². The largest absolute Gasteiger partial charge is 0.489 e. The van der Waals surface area contributed by atoms with Gasteiger partial charge in [0.05, 0.1) is 0 Å². The summed E-state index contributed by atoms with van der Waals surface area (Å²) in [7, 11) is 1.76. The maximum atomic E-state index is 5.67. The van der Waals surface area contributed by atoms with Crippen LogP contribution in [0.15, 0.2) is 48.2 Å². The van der Waals surface area contributed by atoms with Crippen molar-refractivity contribution in [2.75, 3.05) is 20.2 Å². The molecule has 7 nitrogen and oxygen atoms in total. The molecule has 0 atom stereocenters. The molecule has 0 fully saturated rings. The Bertz CT molecular complexity index is 700. The molecular weight excluding hydrogens is 443 g/mol. The van der Waals surface area contributed by atoms with Crippen LogP contribution in [0.5, 0.6) is 5.75 Å². The fourth-order valence-electron chi connectivity index (χ4n) is 2.37. The molecule has 0 spiro atoms. The molecule has 8 heteroatoms. The topological polar surface area (TPSA) is 76.4 Å². The maximum Gasteiger partial charge on any atom is 0.191 e. The summed E-state index contributed by atoms with van der Waals surface area (Å²) < 4.78 is 7.71. The highest BCUT2D eigenvalue weighted by atomic mass is 127. The lowest BCUT2D eigenvalue weighted by Gasteiger charge is -2.14. The molecule has 0 bridgehead atoms. The summed E-state index contributed by atoms with van der Waals surface area (Å²) in [5.41, 5.74) is 1.07. The number of hydrogen-bond donors (Lipinski definition) is 2. The minimum atomic E-state index is 0. The van der Waals surface area contributed by atoms with Crippen LogP contribution in [0.4, 0.5) is 0 Å². The van der Waals surface area contributed by atoms with Crippen LogP contribution in [0.25, 0.3) is 0 Å². The second-order valence-electron chi connectivity index (χ2n) is 5.35. The lowest BCUT2D eigenvalue weighted by atomic mass is 10.2. The van der Waals surface area contributed by atoms with E-state index in [2.05, 4.69) is 39.3 Å². The van der Waals surface area contributed by atoms with E-state index in [-0.39, 0.29) is 24.0 Å². The summed E-state index contributed by atoms with van der Waals surface area (Å²) >= 11 is 0. The standard InChI is InChI=1S/C18H26N6O.HI/c1-4-12-25-16-9-7-6-8-15(16)13-21-18(19-3)20-10-11-24-14-22-23-17(24)5-2;/h4,6-9,14H,1,5,10-13H2,2-3H3,(H2,19,20,21);1H. The van der Waals surface area contributed by atoms with Crippen LogP contribution in [-0.4, -0.2) is 40.9 Å². The number of benzene rings is 1. The van der Waals surface area contributed by atoms with Crippen LogP contribution in [0.1, 0.15) is 18.3 Å². The summed E-state index contributed by atoms with van der Waals surface area (Å²) in [6.07, 6.45) is 4.36. The summed E-state index contributed by atoms with van der Waals surface area (Å²) in [4.78, 5) is 4.25.